The molecule has 0 saturated carbocycles. The van der Waals surface area contributed by atoms with Crippen LogP contribution in [0.4, 0.5) is 0 Å². The van der Waals surface area contributed by atoms with Crippen LogP contribution in [-0.4, -0.2) is 41.8 Å². The van der Waals surface area contributed by atoms with Crippen molar-refractivity contribution < 1.29 is 4.79 Å². The summed E-state index contributed by atoms with van der Waals surface area (Å²) in [5.41, 5.74) is 11.0. The molecule has 0 radical (unpaired) electrons. The molecule has 3 atom stereocenters. The van der Waals surface area contributed by atoms with E-state index in [1.807, 2.05) is 0 Å². The Morgan fingerprint density at radius 2 is 1.76 bits per heavy atom. The Hall–Kier alpha value is 0.440. The average Bonchev–Trinajstić information content (AvgIpc) is 2.32. The van der Waals surface area contributed by atoms with E-state index < -0.39 is 0 Å². The summed E-state index contributed by atoms with van der Waals surface area (Å²) in [7, 11) is 0. The molecule has 0 aliphatic heterocycles. The predicted octanol–water partition coefficient (Wildman–Crippen LogP) is -0.0570. The summed E-state index contributed by atoms with van der Waals surface area (Å²) in [5.74, 6) is 1.86. The highest BCUT2D eigenvalue weighted by Gasteiger charge is 2.15. The fraction of sp³-hybridized carbons (Fsp3) is 0.900. The molecule has 1 amide bonds. The van der Waals surface area contributed by atoms with Gasteiger partial charge in [-0.1, -0.05) is 0 Å². The molecule has 0 aliphatic rings. The van der Waals surface area contributed by atoms with Gasteiger partial charge in [0.25, 0.3) is 0 Å². The molecule has 0 fully saturated rings. The van der Waals surface area contributed by atoms with Crippen LogP contribution in [0.1, 0.15) is 12.8 Å². The first kappa shape index (κ1) is 17.4. The summed E-state index contributed by atoms with van der Waals surface area (Å²) >= 11 is 12.5. The first-order valence-electron chi connectivity index (χ1n) is 5.66. The molecule has 0 aromatic carbocycles. The van der Waals surface area contributed by atoms with Crippen molar-refractivity contribution in [3.63, 3.8) is 0 Å². The molecule has 4 nitrogen and oxygen atoms in total. The lowest BCUT2D eigenvalue weighted by atomic mass is 10.0. The maximum absolute atomic E-state index is 11.0. The van der Waals surface area contributed by atoms with Gasteiger partial charge in [-0.15, -0.1) is 0 Å². The van der Waals surface area contributed by atoms with Crippen LogP contribution in [0.5, 0.6) is 0 Å². The molecular weight excluding hydrogens is 274 g/mol. The molecular formula is C10H23N3OS3. The topological polar surface area (TPSA) is 81.1 Å². The van der Waals surface area contributed by atoms with Crippen LogP contribution in [0.3, 0.4) is 0 Å². The van der Waals surface area contributed by atoms with Gasteiger partial charge >= 0.3 is 0 Å². The molecule has 0 aromatic heterocycles. The summed E-state index contributed by atoms with van der Waals surface area (Å²) in [6.07, 6.45) is 1.88. The third-order valence-corrected chi connectivity index (χ3v) is 3.97. The lowest BCUT2D eigenvalue weighted by Gasteiger charge is -2.20. The molecule has 0 bridgehead atoms. The normalized spacial score (nSPS) is 16.5. The number of carbonyl (C=O) groups is 1. The molecule has 5 N–H and O–H groups in total. The Labute approximate surface area is 120 Å². The molecule has 7 heteroatoms. The molecule has 0 aliphatic carbocycles. The Morgan fingerprint density at radius 3 is 2.18 bits per heavy atom. The number of nitrogens with one attached hydrogen (secondary N) is 1. The van der Waals surface area contributed by atoms with E-state index in [1.165, 1.54) is 0 Å². The van der Waals surface area contributed by atoms with Crippen molar-refractivity contribution in [1.29, 1.82) is 0 Å². The third-order valence-electron chi connectivity index (χ3n) is 2.62. The molecule has 0 saturated heterocycles. The zero-order chi connectivity index (χ0) is 13.3. The van der Waals surface area contributed by atoms with Gasteiger partial charge in [0.2, 0.25) is 5.91 Å². The van der Waals surface area contributed by atoms with E-state index in [0.29, 0.717) is 24.0 Å². The van der Waals surface area contributed by atoms with Crippen molar-refractivity contribution in [2.75, 3.05) is 23.8 Å². The van der Waals surface area contributed by atoms with Crippen LogP contribution >= 0.6 is 37.9 Å². The zero-order valence-electron chi connectivity index (χ0n) is 9.88. The van der Waals surface area contributed by atoms with Crippen molar-refractivity contribution in [2.45, 2.75) is 24.9 Å². The fourth-order valence-electron chi connectivity index (χ4n) is 1.36. The first-order chi connectivity index (χ1) is 8.04. The van der Waals surface area contributed by atoms with Gasteiger partial charge in [-0.3, -0.25) is 4.79 Å². The van der Waals surface area contributed by atoms with Gasteiger partial charge in [-0.2, -0.15) is 37.9 Å². The molecule has 0 unspecified atom stereocenters. The minimum absolute atomic E-state index is 0.123. The number of nitrogens with two attached hydrogens (primary N) is 2. The summed E-state index contributed by atoms with van der Waals surface area (Å²) < 4.78 is 0. The number of hydrogen-bond donors (Lipinski definition) is 6. The molecule has 17 heavy (non-hydrogen) atoms. The maximum Gasteiger partial charge on any atom is 0.235 e. The SMILES string of the molecule is NC(=O)[C@H](CS)NC[C@H](CS)CC[C@@H](N)CS. The molecule has 0 aromatic rings. The van der Waals surface area contributed by atoms with E-state index >= 15 is 0 Å². The highest BCUT2D eigenvalue weighted by molar-refractivity contribution is 7.80. The standard InChI is InChI=1S/C10H23N3OS3/c11-8(5-16)2-1-7(4-15)3-13-9(6-17)10(12)14/h7-9,13,15-17H,1-6,11H2,(H2,12,14)/t7-,8-,9+/m1/s1. The van der Waals surface area contributed by atoms with Crippen molar-refractivity contribution in [3.05, 3.63) is 0 Å². The van der Waals surface area contributed by atoms with Gasteiger partial charge in [0, 0.05) is 17.5 Å². The highest BCUT2D eigenvalue weighted by Crippen LogP contribution is 2.10. The number of amides is 1. The van der Waals surface area contributed by atoms with Crippen LogP contribution in [0.25, 0.3) is 0 Å². The average molecular weight is 298 g/mol. The van der Waals surface area contributed by atoms with Gasteiger partial charge < -0.3 is 16.8 Å². The smallest absolute Gasteiger partial charge is 0.235 e. The number of primary amides is 1. The third kappa shape index (κ3) is 8.20. The summed E-state index contributed by atoms with van der Waals surface area (Å²) in [6, 6.07) is -0.253. The molecule has 0 rings (SSSR count). The fourth-order valence-corrected chi connectivity index (χ4v) is 2.17. The van der Waals surface area contributed by atoms with E-state index in [9.17, 15) is 4.79 Å². The van der Waals surface area contributed by atoms with Crippen LogP contribution in [0, 0.1) is 5.92 Å². The Morgan fingerprint density at radius 1 is 1.12 bits per heavy atom. The van der Waals surface area contributed by atoms with E-state index in [1.54, 1.807) is 0 Å². The van der Waals surface area contributed by atoms with E-state index in [0.717, 1.165) is 18.6 Å². The molecule has 0 spiro atoms. The summed E-state index contributed by atoms with van der Waals surface area (Å²) in [6.45, 7) is 0.705. The Balaban J connectivity index is 3.92. The summed E-state index contributed by atoms with van der Waals surface area (Å²) in [5, 5.41) is 3.10. The quantitative estimate of drug-likeness (QED) is 0.320. The van der Waals surface area contributed by atoms with Crippen LogP contribution in [0.2, 0.25) is 0 Å². The van der Waals surface area contributed by atoms with Gasteiger partial charge in [0.15, 0.2) is 0 Å². The molecule has 0 heterocycles. The number of carbonyl (C=O) groups excluding carboxylic acids is 1. The summed E-state index contributed by atoms with van der Waals surface area (Å²) in [4.78, 5) is 11.0. The Bertz CT molecular complexity index is 219. The first-order valence-corrected chi connectivity index (χ1v) is 7.55. The second-order valence-corrected chi connectivity index (χ2v) is 5.21. The van der Waals surface area contributed by atoms with Crippen LogP contribution < -0.4 is 16.8 Å². The van der Waals surface area contributed by atoms with Crippen LogP contribution in [-0.2, 0) is 4.79 Å². The van der Waals surface area contributed by atoms with Gasteiger partial charge in [0.1, 0.15) is 0 Å². The second kappa shape index (κ2) is 10.4. The number of rotatable bonds is 10. The van der Waals surface area contributed by atoms with Crippen LogP contribution in [0.15, 0.2) is 0 Å². The zero-order valence-corrected chi connectivity index (χ0v) is 12.6. The van der Waals surface area contributed by atoms with Gasteiger partial charge in [-0.25, -0.2) is 0 Å². The van der Waals surface area contributed by atoms with E-state index in [-0.39, 0.29) is 18.0 Å². The minimum atomic E-state index is -0.376. The maximum atomic E-state index is 11.0. The van der Waals surface area contributed by atoms with Gasteiger partial charge in [0.05, 0.1) is 6.04 Å². The predicted molar refractivity (Wildman–Crippen MR) is 83.2 cm³/mol. The molecule has 102 valence electrons. The van der Waals surface area contributed by atoms with Crippen molar-refractivity contribution in [3.8, 4) is 0 Å². The second-order valence-electron chi connectivity index (χ2n) is 4.11. The largest absolute Gasteiger partial charge is 0.368 e. The minimum Gasteiger partial charge on any atom is -0.368 e. The van der Waals surface area contributed by atoms with Crippen molar-refractivity contribution >= 4 is 43.8 Å². The Kier molecular flexibility index (Phi) is 10.6. The van der Waals surface area contributed by atoms with E-state index in [4.69, 9.17) is 11.5 Å². The van der Waals surface area contributed by atoms with Crippen molar-refractivity contribution in [1.82, 2.24) is 5.32 Å². The lowest BCUT2D eigenvalue weighted by Crippen LogP contribution is -2.45. The highest BCUT2D eigenvalue weighted by atomic mass is 32.1. The monoisotopic (exact) mass is 297 g/mol. The van der Waals surface area contributed by atoms with Crippen molar-refractivity contribution in [2.24, 2.45) is 17.4 Å². The van der Waals surface area contributed by atoms with E-state index in [2.05, 4.69) is 43.2 Å². The lowest BCUT2D eigenvalue weighted by molar-refractivity contribution is -0.119. The number of hydrogen-bond acceptors (Lipinski definition) is 6. The van der Waals surface area contributed by atoms with Gasteiger partial charge in [-0.05, 0) is 31.1 Å². The number of thiol groups is 3.